The van der Waals surface area contributed by atoms with E-state index in [9.17, 15) is 0 Å². The first kappa shape index (κ1) is 13.5. The third-order valence-electron chi connectivity index (χ3n) is 4.01. The van der Waals surface area contributed by atoms with Crippen LogP contribution in [0.25, 0.3) is 0 Å². The summed E-state index contributed by atoms with van der Waals surface area (Å²) >= 11 is 0. The first-order valence-corrected chi connectivity index (χ1v) is 6.82. The molecule has 0 radical (unpaired) electrons. The highest BCUT2D eigenvalue weighted by Crippen LogP contribution is 2.42. The molecule has 0 amide bonds. The van der Waals surface area contributed by atoms with Crippen molar-refractivity contribution in [3.05, 3.63) is 22.8 Å². The molecule has 0 N–H and O–H groups in total. The van der Waals surface area contributed by atoms with Crippen LogP contribution in [-0.2, 0) is 0 Å². The van der Waals surface area contributed by atoms with E-state index in [0.29, 0.717) is 5.41 Å². The van der Waals surface area contributed by atoms with Crippen LogP contribution in [-0.4, -0.2) is 0 Å². The van der Waals surface area contributed by atoms with Crippen molar-refractivity contribution in [1.82, 2.24) is 0 Å². The summed E-state index contributed by atoms with van der Waals surface area (Å²) in [4.78, 5) is 0. The molecule has 0 spiro atoms. The Kier molecular flexibility index (Phi) is 4.83. The van der Waals surface area contributed by atoms with Crippen molar-refractivity contribution in [2.75, 3.05) is 0 Å². The summed E-state index contributed by atoms with van der Waals surface area (Å²) in [6.45, 7) is 11.7. The molecule has 0 aromatic heterocycles. The summed E-state index contributed by atoms with van der Waals surface area (Å²) < 4.78 is 0. The van der Waals surface area contributed by atoms with Crippen molar-refractivity contribution in [2.24, 2.45) is 5.41 Å². The second kappa shape index (κ2) is 5.70. The van der Waals surface area contributed by atoms with Gasteiger partial charge in [-0.1, -0.05) is 43.6 Å². The van der Waals surface area contributed by atoms with Gasteiger partial charge in [-0.2, -0.15) is 0 Å². The third kappa shape index (κ3) is 3.50. The molecule has 0 saturated carbocycles. The Balaban J connectivity index is 2.67. The van der Waals surface area contributed by atoms with E-state index in [1.165, 1.54) is 38.5 Å². The van der Waals surface area contributed by atoms with Crippen molar-refractivity contribution < 1.29 is 0 Å². The summed E-state index contributed by atoms with van der Waals surface area (Å²) in [5.41, 5.74) is 5.42. The van der Waals surface area contributed by atoms with Crippen LogP contribution in [0.3, 0.4) is 0 Å². The van der Waals surface area contributed by atoms with Gasteiger partial charge in [0.2, 0.25) is 0 Å². The Labute approximate surface area is 102 Å². The van der Waals surface area contributed by atoms with E-state index in [4.69, 9.17) is 0 Å². The fourth-order valence-electron chi connectivity index (χ4n) is 3.00. The highest BCUT2D eigenvalue weighted by atomic mass is 14.3. The fraction of sp³-hybridized carbons (Fsp3) is 0.750. The molecule has 0 bridgehead atoms. The first-order valence-electron chi connectivity index (χ1n) is 6.82. The summed E-state index contributed by atoms with van der Waals surface area (Å²) in [7, 11) is 0. The molecular formula is C16H28. The number of hydrogen-bond acceptors (Lipinski definition) is 0. The molecule has 1 aliphatic rings. The SMILES string of the molecule is CC/C=C(\C)CCC1=C(C)CCCC1(C)C. The maximum absolute atomic E-state index is 2.42. The minimum absolute atomic E-state index is 0.453. The van der Waals surface area contributed by atoms with Crippen LogP contribution in [0.2, 0.25) is 0 Å². The minimum atomic E-state index is 0.453. The van der Waals surface area contributed by atoms with Gasteiger partial charge in [-0.3, -0.25) is 0 Å². The van der Waals surface area contributed by atoms with Crippen LogP contribution in [0.5, 0.6) is 0 Å². The largest absolute Gasteiger partial charge is 0.0859 e. The predicted octanol–water partition coefficient (Wildman–Crippen LogP) is 5.65. The van der Waals surface area contributed by atoms with Crippen molar-refractivity contribution in [1.29, 1.82) is 0 Å². The van der Waals surface area contributed by atoms with Crippen LogP contribution in [0.1, 0.15) is 73.1 Å². The molecule has 1 aliphatic carbocycles. The van der Waals surface area contributed by atoms with Crippen LogP contribution in [0.4, 0.5) is 0 Å². The van der Waals surface area contributed by atoms with Gasteiger partial charge in [-0.05, 0) is 57.8 Å². The van der Waals surface area contributed by atoms with Crippen LogP contribution < -0.4 is 0 Å². The van der Waals surface area contributed by atoms with Gasteiger partial charge in [0.15, 0.2) is 0 Å². The van der Waals surface area contributed by atoms with Gasteiger partial charge in [0.05, 0.1) is 0 Å². The molecule has 0 atom stereocenters. The Morgan fingerprint density at radius 3 is 2.62 bits per heavy atom. The standard InChI is InChI=1S/C16H28/c1-6-8-13(2)10-11-15-14(3)9-7-12-16(15,4)5/h8H,6-7,9-12H2,1-5H3/b13-8+. The summed E-state index contributed by atoms with van der Waals surface area (Å²) in [5, 5.41) is 0. The molecule has 0 heterocycles. The summed E-state index contributed by atoms with van der Waals surface area (Å²) in [5.74, 6) is 0. The van der Waals surface area contributed by atoms with Crippen molar-refractivity contribution >= 4 is 0 Å². The third-order valence-corrected chi connectivity index (χ3v) is 4.01. The van der Waals surface area contributed by atoms with E-state index in [2.05, 4.69) is 40.7 Å². The summed E-state index contributed by atoms with van der Waals surface area (Å²) in [6.07, 6.45) is 10.2. The van der Waals surface area contributed by atoms with E-state index in [-0.39, 0.29) is 0 Å². The van der Waals surface area contributed by atoms with Gasteiger partial charge in [0.25, 0.3) is 0 Å². The molecule has 0 unspecified atom stereocenters. The Morgan fingerprint density at radius 2 is 2.06 bits per heavy atom. The van der Waals surface area contributed by atoms with Gasteiger partial charge in [-0.25, -0.2) is 0 Å². The van der Waals surface area contributed by atoms with E-state index in [1.54, 1.807) is 16.7 Å². The molecular weight excluding hydrogens is 192 g/mol. The monoisotopic (exact) mass is 220 g/mol. The summed E-state index contributed by atoms with van der Waals surface area (Å²) in [6, 6.07) is 0. The topological polar surface area (TPSA) is 0 Å². The second-order valence-electron chi connectivity index (χ2n) is 5.96. The van der Waals surface area contributed by atoms with Gasteiger partial charge in [0.1, 0.15) is 0 Å². The average Bonchev–Trinajstić information content (AvgIpc) is 2.16. The lowest BCUT2D eigenvalue weighted by atomic mass is 9.71. The number of rotatable bonds is 4. The molecule has 1 rings (SSSR count). The quantitative estimate of drug-likeness (QED) is 0.537. The average molecular weight is 220 g/mol. The highest BCUT2D eigenvalue weighted by Gasteiger charge is 2.27. The predicted molar refractivity (Wildman–Crippen MR) is 73.6 cm³/mol. The maximum atomic E-state index is 2.42. The Bertz CT molecular complexity index is 289. The zero-order valence-corrected chi connectivity index (χ0v) is 11.8. The Hall–Kier alpha value is -0.520. The van der Waals surface area contributed by atoms with Gasteiger partial charge >= 0.3 is 0 Å². The number of allylic oxidation sites excluding steroid dienone is 4. The van der Waals surface area contributed by atoms with E-state index in [1.807, 2.05) is 0 Å². The van der Waals surface area contributed by atoms with Gasteiger partial charge in [0, 0.05) is 0 Å². The van der Waals surface area contributed by atoms with Gasteiger partial charge < -0.3 is 0 Å². The zero-order valence-electron chi connectivity index (χ0n) is 11.8. The van der Waals surface area contributed by atoms with Crippen molar-refractivity contribution in [3.63, 3.8) is 0 Å². The van der Waals surface area contributed by atoms with Crippen LogP contribution in [0, 0.1) is 5.41 Å². The lowest BCUT2D eigenvalue weighted by molar-refractivity contribution is 0.354. The normalized spacial score (nSPS) is 21.4. The fourth-order valence-corrected chi connectivity index (χ4v) is 3.00. The zero-order chi connectivity index (χ0) is 12.2. The lowest BCUT2D eigenvalue weighted by Crippen LogP contribution is -2.20. The smallest absolute Gasteiger partial charge is 0.0142 e. The van der Waals surface area contributed by atoms with Crippen molar-refractivity contribution in [2.45, 2.75) is 73.1 Å². The molecule has 16 heavy (non-hydrogen) atoms. The molecule has 0 fully saturated rings. The minimum Gasteiger partial charge on any atom is -0.0859 e. The van der Waals surface area contributed by atoms with Gasteiger partial charge in [-0.15, -0.1) is 0 Å². The van der Waals surface area contributed by atoms with Crippen LogP contribution in [0.15, 0.2) is 22.8 Å². The lowest BCUT2D eigenvalue weighted by Gasteiger charge is -2.34. The molecule has 0 aliphatic heterocycles. The van der Waals surface area contributed by atoms with E-state index in [0.717, 1.165) is 0 Å². The van der Waals surface area contributed by atoms with Crippen molar-refractivity contribution in [3.8, 4) is 0 Å². The highest BCUT2D eigenvalue weighted by molar-refractivity contribution is 5.23. The first-order chi connectivity index (χ1) is 7.47. The van der Waals surface area contributed by atoms with Crippen LogP contribution >= 0.6 is 0 Å². The Morgan fingerprint density at radius 1 is 1.38 bits per heavy atom. The molecule has 0 heteroatoms. The number of hydrogen-bond donors (Lipinski definition) is 0. The van der Waals surface area contributed by atoms with E-state index < -0.39 is 0 Å². The molecule has 92 valence electrons. The molecule has 0 aromatic rings. The molecule has 0 aromatic carbocycles. The molecule has 0 nitrogen and oxygen atoms in total. The maximum Gasteiger partial charge on any atom is -0.0142 e. The van der Waals surface area contributed by atoms with E-state index >= 15 is 0 Å². The molecule has 0 saturated heterocycles. The second-order valence-corrected chi connectivity index (χ2v) is 5.96.